The van der Waals surface area contributed by atoms with Crippen LogP contribution in [0.4, 0.5) is 9.93 Å². The first-order valence-electron chi connectivity index (χ1n) is 12.4. The van der Waals surface area contributed by atoms with Crippen LogP contribution in [0.15, 0.2) is 18.3 Å². The van der Waals surface area contributed by atoms with Gasteiger partial charge in [-0.05, 0) is 64.4 Å². The van der Waals surface area contributed by atoms with Crippen molar-refractivity contribution in [2.45, 2.75) is 63.4 Å². The molecule has 4 rings (SSSR count). The van der Waals surface area contributed by atoms with Gasteiger partial charge >= 0.3 is 6.03 Å². The number of nitrogens with one attached hydrogen (secondary N) is 1. The summed E-state index contributed by atoms with van der Waals surface area (Å²) in [7, 11) is 3.86. The normalized spacial score (nSPS) is 23.9. The Kier molecular flexibility index (Phi) is 5.01. The van der Waals surface area contributed by atoms with E-state index >= 15 is 0 Å². The predicted molar refractivity (Wildman–Crippen MR) is 126 cm³/mol. The summed E-state index contributed by atoms with van der Waals surface area (Å²) in [6, 6.07) is 3.29. The van der Waals surface area contributed by atoms with Crippen molar-refractivity contribution in [3.05, 3.63) is 29.7 Å². The zero-order valence-electron chi connectivity index (χ0n) is 21.8. The third kappa shape index (κ3) is 4.11. The molecule has 1 saturated heterocycles. The highest BCUT2D eigenvalue weighted by molar-refractivity contribution is 7.19. The molecule has 0 spiro atoms. The fraction of sp³-hybridized carbons (Fsp3) is 0.565. The van der Waals surface area contributed by atoms with Crippen molar-refractivity contribution in [3.63, 3.8) is 0 Å². The lowest BCUT2D eigenvalue weighted by atomic mass is 9.68. The SMILES string of the molecule is [2H]C([2H])([2H])C1(c2cc(-c3sc(NC(=O)N4CCC[C@@]4(C)C(N)=O)nc3CN(C)C)ccn2)CCC1. The molecule has 172 valence electrons. The molecule has 2 aromatic rings. The van der Waals surface area contributed by atoms with E-state index in [-0.39, 0.29) is 0 Å². The van der Waals surface area contributed by atoms with Crippen LogP contribution in [-0.4, -0.2) is 57.9 Å². The van der Waals surface area contributed by atoms with Gasteiger partial charge in [-0.15, -0.1) is 0 Å². The van der Waals surface area contributed by atoms with Crippen LogP contribution in [0, 0.1) is 0 Å². The van der Waals surface area contributed by atoms with Crippen LogP contribution in [0.3, 0.4) is 0 Å². The van der Waals surface area contributed by atoms with Crippen molar-refractivity contribution in [2.75, 3.05) is 26.0 Å². The molecule has 2 aromatic heterocycles. The van der Waals surface area contributed by atoms with E-state index in [1.807, 2.05) is 31.1 Å². The summed E-state index contributed by atoms with van der Waals surface area (Å²) in [5.74, 6) is -0.526. The van der Waals surface area contributed by atoms with E-state index in [1.165, 1.54) is 16.2 Å². The molecule has 0 bridgehead atoms. The number of primary amides is 1. The number of carbonyl (C=O) groups excluding carboxylic acids is 2. The van der Waals surface area contributed by atoms with Gasteiger partial charge in [-0.25, -0.2) is 9.78 Å². The van der Waals surface area contributed by atoms with Gasteiger partial charge < -0.3 is 15.5 Å². The third-order valence-electron chi connectivity index (χ3n) is 6.51. The van der Waals surface area contributed by atoms with E-state index in [2.05, 4.69) is 15.3 Å². The summed E-state index contributed by atoms with van der Waals surface area (Å²) in [5, 5.41) is 3.26. The summed E-state index contributed by atoms with van der Waals surface area (Å²) < 4.78 is 24.3. The van der Waals surface area contributed by atoms with Gasteiger partial charge in [-0.1, -0.05) is 24.6 Å². The molecule has 0 radical (unpaired) electrons. The first-order chi connectivity index (χ1) is 16.4. The quantitative estimate of drug-likeness (QED) is 0.687. The maximum atomic E-state index is 13.0. The summed E-state index contributed by atoms with van der Waals surface area (Å²) in [6.45, 7) is 0.539. The molecule has 1 saturated carbocycles. The second-order valence-electron chi connectivity index (χ2n) is 9.22. The van der Waals surface area contributed by atoms with Gasteiger partial charge in [0.25, 0.3) is 0 Å². The van der Waals surface area contributed by atoms with Crippen molar-refractivity contribution in [2.24, 2.45) is 5.73 Å². The van der Waals surface area contributed by atoms with Gasteiger partial charge in [-0.2, -0.15) is 0 Å². The first-order valence-corrected chi connectivity index (χ1v) is 11.7. The number of thiazole rings is 1. The average molecular weight is 460 g/mol. The number of amides is 3. The molecule has 2 fully saturated rings. The molecule has 1 atom stereocenters. The van der Waals surface area contributed by atoms with E-state index in [9.17, 15) is 9.59 Å². The van der Waals surface area contributed by atoms with Crippen LogP contribution in [0.5, 0.6) is 0 Å². The van der Waals surface area contributed by atoms with Crippen molar-refractivity contribution in [3.8, 4) is 10.4 Å². The first kappa shape index (κ1) is 19.0. The zero-order valence-corrected chi connectivity index (χ0v) is 19.6. The van der Waals surface area contributed by atoms with Crippen molar-refractivity contribution in [1.29, 1.82) is 0 Å². The number of rotatable bonds is 6. The highest BCUT2D eigenvalue weighted by Gasteiger charge is 2.44. The summed E-state index contributed by atoms with van der Waals surface area (Å²) >= 11 is 1.32. The minimum atomic E-state index is -2.13. The minimum Gasteiger partial charge on any atom is -0.368 e. The number of nitrogens with two attached hydrogens (primary N) is 1. The molecule has 3 amide bonds. The lowest BCUT2D eigenvalue weighted by molar-refractivity contribution is -0.126. The smallest absolute Gasteiger partial charge is 0.324 e. The van der Waals surface area contributed by atoms with E-state index in [4.69, 9.17) is 9.85 Å². The number of aromatic nitrogens is 2. The Balaban J connectivity index is 1.66. The number of anilines is 1. The van der Waals surface area contributed by atoms with Crippen LogP contribution in [-0.2, 0) is 16.8 Å². The molecule has 3 N–H and O–H groups in total. The molecule has 0 unspecified atom stereocenters. The Labute approximate surface area is 197 Å². The molecule has 9 heteroatoms. The Morgan fingerprint density at radius 1 is 1.34 bits per heavy atom. The summed E-state index contributed by atoms with van der Waals surface area (Å²) in [5.41, 5.74) is 5.81. The van der Waals surface area contributed by atoms with Crippen LogP contribution < -0.4 is 11.1 Å². The standard InChI is InChI=1S/C23H32N6O2S/c1-22(8-5-9-22)17-13-15(7-11-25-17)18-16(14-28(3)4)26-20(32-18)27-21(31)29-12-6-10-23(29,2)19(24)30/h7,11,13H,5-6,8-10,12,14H2,1-4H3,(H2,24,30)(H,26,27,31)/t23-/m0/s1/i1D3. The Hall–Kier alpha value is -2.52. The van der Waals surface area contributed by atoms with Crippen LogP contribution in [0.2, 0.25) is 0 Å². The van der Waals surface area contributed by atoms with Crippen LogP contribution in [0.1, 0.15) is 61.4 Å². The van der Waals surface area contributed by atoms with E-state index in [0.717, 1.165) is 22.6 Å². The molecular formula is C23H32N6O2S. The predicted octanol–water partition coefficient (Wildman–Crippen LogP) is 3.58. The molecule has 2 aliphatic rings. The lowest BCUT2D eigenvalue weighted by Gasteiger charge is -2.37. The lowest BCUT2D eigenvalue weighted by Crippen LogP contribution is -2.55. The third-order valence-corrected chi connectivity index (χ3v) is 7.58. The minimum absolute atomic E-state index is 0.410. The van der Waals surface area contributed by atoms with E-state index < -0.39 is 29.7 Å². The van der Waals surface area contributed by atoms with Crippen LogP contribution >= 0.6 is 11.3 Å². The highest BCUT2D eigenvalue weighted by atomic mass is 32.1. The second-order valence-corrected chi connectivity index (χ2v) is 10.2. The Morgan fingerprint density at radius 3 is 2.75 bits per heavy atom. The van der Waals surface area contributed by atoms with Crippen molar-refractivity contribution < 1.29 is 13.7 Å². The van der Waals surface area contributed by atoms with Gasteiger partial charge in [0, 0.05) is 34.5 Å². The second kappa shape index (κ2) is 8.44. The zero-order chi connectivity index (χ0) is 25.6. The molecular weight excluding hydrogens is 424 g/mol. The van der Waals surface area contributed by atoms with Gasteiger partial charge in [0.2, 0.25) is 5.91 Å². The van der Waals surface area contributed by atoms with E-state index in [1.54, 1.807) is 13.1 Å². The molecule has 0 aromatic carbocycles. The van der Waals surface area contributed by atoms with Crippen LogP contribution in [0.25, 0.3) is 10.4 Å². The number of hydrogen-bond acceptors (Lipinski definition) is 6. The number of urea groups is 1. The molecule has 1 aliphatic carbocycles. The average Bonchev–Trinajstić information content (AvgIpc) is 3.30. The fourth-order valence-corrected chi connectivity index (χ4v) is 5.32. The molecule has 32 heavy (non-hydrogen) atoms. The van der Waals surface area contributed by atoms with E-state index in [0.29, 0.717) is 49.6 Å². The van der Waals surface area contributed by atoms with Crippen molar-refractivity contribution in [1.82, 2.24) is 19.8 Å². The molecule has 1 aliphatic heterocycles. The number of nitrogens with zero attached hydrogens (tertiary/aromatic N) is 4. The van der Waals surface area contributed by atoms with Gasteiger partial charge in [0.1, 0.15) is 5.54 Å². The maximum Gasteiger partial charge on any atom is 0.324 e. The Bertz CT molecular complexity index is 1130. The number of carbonyl (C=O) groups is 2. The fourth-order valence-electron chi connectivity index (χ4n) is 4.36. The van der Waals surface area contributed by atoms with Gasteiger partial charge in [-0.3, -0.25) is 15.1 Å². The van der Waals surface area contributed by atoms with Gasteiger partial charge in [0.15, 0.2) is 5.13 Å². The summed E-state index contributed by atoms with van der Waals surface area (Å²) in [6.07, 6.45) is 4.92. The summed E-state index contributed by atoms with van der Waals surface area (Å²) in [4.78, 5) is 38.5. The highest BCUT2D eigenvalue weighted by Crippen LogP contribution is 2.44. The number of likely N-dealkylation sites (tertiary alicyclic amines) is 1. The number of pyridine rings is 1. The van der Waals surface area contributed by atoms with Crippen molar-refractivity contribution >= 4 is 28.4 Å². The monoisotopic (exact) mass is 459 g/mol. The molecule has 3 heterocycles. The number of hydrogen-bond donors (Lipinski definition) is 2. The molecule has 8 nitrogen and oxygen atoms in total. The maximum absolute atomic E-state index is 13.0. The largest absolute Gasteiger partial charge is 0.368 e. The van der Waals surface area contributed by atoms with Gasteiger partial charge in [0.05, 0.1) is 10.6 Å². The Morgan fingerprint density at radius 2 is 2.12 bits per heavy atom. The topological polar surface area (TPSA) is 104 Å².